The summed E-state index contributed by atoms with van der Waals surface area (Å²) in [6.07, 6.45) is 8.31. The topological polar surface area (TPSA) is 56.1 Å². The van der Waals surface area contributed by atoms with Crippen LogP contribution in [0, 0.1) is 5.92 Å². The summed E-state index contributed by atoms with van der Waals surface area (Å²) in [6, 6.07) is 14.7. The first kappa shape index (κ1) is 19.5. The second-order valence-corrected chi connectivity index (χ2v) is 8.55. The second kappa shape index (κ2) is 8.02. The Morgan fingerprint density at radius 1 is 1.06 bits per heavy atom. The van der Waals surface area contributed by atoms with Gasteiger partial charge in [-0.05, 0) is 62.9 Å². The Morgan fingerprint density at radius 3 is 2.65 bits per heavy atom. The molecule has 31 heavy (non-hydrogen) atoms. The predicted molar refractivity (Wildman–Crippen MR) is 124 cm³/mol. The summed E-state index contributed by atoms with van der Waals surface area (Å²) < 4.78 is 7.72. The van der Waals surface area contributed by atoms with Crippen LogP contribution in [0.2, 0.25) is 0 Å². The molecule has 5 rings (SSSR count). The molecule has 0 bridgehead atoms. The highest BCUT2D eigenvalue weighted by Gasteiger charge is 2.26. The predicted octanol–water partition coefficient (Wildman–Crippen LogP) is 5.37. The van der Waals surface area contributed by atoms with E-state index >= 15 is 0 Å². The van der Waals surface area contributed by atoms with Gasteiger partial charge in [-0.25, -0.2) is 4.98 Å². The molecule has 0 radical (unpaired) electrons. The molecule has 1 saturated carbocycles. The van der Waals surface area contributed by atoms with Crippen molar-refractivity contribution in [1.82, 2.24) is 19.7 Å². The number of anilines is 2. The molecule has 0 N–H and O–H groups in total. The Hall–Kier alpha value is -3.41. The van der Waals surface area contributed by atoms with E-state index < -0.39 is 0 Å². The molecule has 1 fully saturated rings. The van der Waals surface area contributed by atoms with Crippen LogP contribution in [0.1, 0.15) is 26.7 Å². The quantitative estimate of drug-likeness (QED) is 0.408. The fourth-order valence-corrected chi connectivity index (χ4v) is 3.78. The number of rotatable bonds is 7. The van der Waals surface area contributed by atoms with E-state index in [1.165, 1.54) is 12.8 Å². The third-order valence-electron chi connectivity index (χ3n) is 5.48. The van der Waals surface area contributed by atoms with Crippen molar-refractivity contribution in [3.63, 3.8) is 0 Å². The Bertz CT molecular complexity index is 1210. The van der Waals surface area contributed by atoms with Crippen molar-refractivity contribution < 1.29 is 4.74 Å². The van der Waals surface area contributed by atoms with Crippen molar-refractivity contribution in [1.29, 1.82) is 0 Å². The number of nitrogens with zero attached hydrogens (tertiary/aromatic N) is 5. The van der Waals surface area contributed by atoms with Crippen LogP contribution in [0.25, 0.3) is 22.3 Å². The van der Waals surface area contributed by atoms with E-state index in [1.54, 1.807) is 4.68 Å². The molecule has 6 nitrogen and oxygen atoms in total. The lowest BCUT2D eigenvalue weighted by Crippen LogP contribution is -2.20. The molecule has 6 heteroatoms. The molecule has 0 saturated heterocycles. The van der Waals surface area contributed by atoms with E-state index in [9.17, 15) is 0 Å². The van der Waals surface area contributed by atoms with Crippen molar-refractivity contribution in [3.8, 4) is 17.0 Å². The lowest BCUT2D eigenvalue weighted by atomic mass is 10.2. The summed E-state index contributed by atoms with van der Waals surface area (Å²) in [7, 11) is 1.91. The largest absolute Gasteiger partial charge is 0.491 e. The Balaban J connectivity index is 1.53. The minimum atomic E-state index is 0.147. The van der Waals surface area contributed by atoms with Crippen LogP contribution in [0.3, 0.4) is 0 Å². The van der Waals surface area contributed by atoms with Gasteiger partial charge in [0.25, 0.3) is 0 Å². The first-order valence-corrected chi connectivity index (χ1v) is 10.9. The van der Waals surface area contributed by atoms with Gasteiger partial charge in [0.1, 0.15) is 5.75 Å². The van der Waals surface area contributed by atoms with Crippen molar-refractivity contribution >= 4 is 22.4 Å². The normalized spacial score (nSPS) is 13.7. The van der Waals surface area contributed by atoms with Crippen LogP contribution in [-0.4, -0.2) is 32.4 Å². The zero-order chi connectivity index (χ0) is 21.4. The number of hydrogen-bond acceptors (Lipinski definition) is 5. The highest BCUT2D eigenvalue weighted by molar-refractivity contribution is 5.82. The molecule has 0 aliphatic heterocycles. The van der Waals surface area contributed by atoms with Crippen LogP contribution in [0.4, 0.5) is 11.4 Å². The Kier molecular flexibility index (Phi) is 5.06. The van der Waals surface area contributed by atoms with Crippen LogP contribution in [0.15, 0.2) is 61.1 Å². The van der Waals surface area contributed by atoms with E-state index in [1.807, 2.05) is 31.7 Å². The summed E-state index contributed by atoms with van der Waals surface area (Å²) in [5.74, 6) is 1.63. The second-order valence-electron chi connectivity index (χ2n) is 8.55. The van der Waals surface area contributed by atoms with Crippen molar-refractivity contribution in [2.75, 3.05) is 11.4 Å². The molecule has 1 aliphatic carbocycles. The van der Waals surface area contributed by atoms with Gasteiger partial charge in [0.05, 0.1) is 35.2 Å². The van der Waals surface area contributed by atoms with E-state index in [4.69, 9.17) is 9.72 Å². The van der Waals surface area contributed by atoms with Gasteiger partial charge in [0.2, 0.25) is 0 Å². The molecular weight excluding hydrogens is 386 g/mol. The van der Waals surface area contributed by atoms with Crippen LogP contribution < -0.4 is 9.64 Å². The van der Waals surface area contributed by atoms with Crippen molar-refractivity contribution in [2.45, 2.75) is 32.8 Å². The van der Waals surface area contributed by atoms with Gasteiger partial charge in [-0.1, -0.05) is 6.07 Å². The fraction of sp³-hybridized carbons (Fsp3) is 0.320. The minimum absolute atomic E-state index is 0.147. The lowest BCUT2D eigenvalue weighted by Gasteiger charge is -2.26. The summed E-state index contributed by atoms with van der Waals surface area (Å²) in [5, 5.41) is 4.26. The summed E-state index contributed by atoms with van der Waals surface area (Å²) in [5.41, 5.74) is 5.84. The molecule has 2 heterocycles. The third-order valence-corrected chi connectivity index (χ3v) is 5.48. The van der Waals surface area contributed by atoms with E-state index in [2.05, 4.69) is 65.2 Å². The molecule has 0 unspecified atom stereocenters. The zero-order valence-electron chi connectivity index (χ0n) is 18.2. The first-order chi connectivity index (χ1) is 15.0. The monoisotopic (exact) mass is 413 g/mol. The summed E-state index contributed by atoms with van der Waals surface area (Å²) >= 11 is 0. The Labute approximate surface area is 182 Å². The van der Waals surface area contributed by atoms with Gasteiger partial charge >= 0.3 is 0 Å². The summed E-state index contributed by atoms with van der Waals surface area (Å²) in [4.78, 5) is 11.9. The molecule has 2 aromatic heterocycles. The number of hydrogen-bond donors (Lipinski definition) is 0. The van der Waals surface area contributed by atoms with Crippen LogP contribution in [-0.2, 0) is 7.05 Å². The minimum Gasteiger partial charge on any atom is -0.491 e. The maximum absolute atomic E-state index is 5.94. The molecule has 4 aromatic rings. The molecule has 158 valence electrons. The fourth-order valence-electron chi connectivity index (χ4n) is 3.78. The van der Waals surface area contributed by atoms with E-state index in [0.29, 0.717) is 0 Å². The van der Waals surface area contributed by atoms with Crippen molar-refractivity contribution in [2.24, 2.45) is 13.0 Å². The first-order valence-electron chi connectivity index (χ1n) is 10.9. The third kappa shape index (κ3) is 4.38. The van der Waals surface area contributed by atoms with Crippen molar-refractivity contribution in [3.05, 3.63) is 61.1 Å². The maximum atomic E-state index is 5.94. The number of aryl methyl sites for hydroxylation is 1. The van der Waals surface area contributed by atoms with Gasteiger partial charge in [-0.2, -0.15) is 5.10 Å². The van der Waals surface area contributed by atoms with Gasteiger partial charge in [-0.3, -0.25) is 9.67 Å². The highest BCUT2D eigenvalue weighted by Crippen LogP contribution is 2.37. The average molecular weight is 414 g/mol. The average Bonchev–Trinajstić information content (AvgIpc) is 3.48. The summed E-state index contributed by atoms with van der Waals surface area (Å²) in [6.45, 7) is 5.10. The smallest absolute Gasteiger partial charge is 0.121 e. The molecule has 0 amide bonds. The molecule has 2 aromatic carbocycles. The number of benzene rings is 2. The molecule has 0 spiro atoms. The number of fused-ring (bicyclic) bond motifs is 1. The zero-order valence-corrected chi connectivity index (χ0v) is 18.2. The van der Waals surface area contributed by atoms with Gasteiger partial charge in [0, 0.05) is 42.8 Å². The van der Waals surface area contributed by atoms with Crippen LogP contribution >= 0.6 is 0 Å². The Morgan fingerprint density at radius 2 is 1.90 bits per heavy atom. The van der Waals surface area contributed by atoms with E-state index in [0.717, 1.165) is 51.9 Å². The molecule has 1 aliphatic rings. The molecule has 0 atom stereocenters. The number of aromatic nitrogens is 4. The van der Waals surface area contributed by atoms with Gasteiger partial charge < -0.3 is 9.64 Å². The number of ether oxygens (including phenoxy) is 1. The SMILES string of the molecule is CC(C)Oc1cccc(N(CC2CC2)c2ccc3ncc(-c4cnn(C)c4)nc3c2)c1. The van der Waals surface area contributed by atoms with Gasteiger partial charge in [-0.15, -0.1) is 0 Å². The standard InChI is InChI=1S/C25H27N5O/c1-17(2)31-22-6-4-5-20(11-22)30(15-18-7-8-18)21-9-10-23-24(12-21)28-25(14-26-23)19-13-27-29(3)16-19/h4-6,9-14,16-18H,7-8,15H2,1-3H3. The van der Waals surface area contributed by atoms with E-state index in [-0.39, 0.29) is 6.10 Å². The lowest BCUT2D eigenvalue weighted by molar-refractivity contribution is 0.242. The maximum Gasteiger partial charge on any atom is 0.121 e. The van der Waals surface area contributed by atoms with Crippen LogP contribution in [0.5, 0.6) is 5.75 Å². The highest BCUT2D eigenvalue weighted by atomic mass is 16.5. The molecular formula is C25H27N5O. The van der Waals surface area contributed by atoms with Gasteiger partial charge in [0.15, 0.2) is 0 Å².